The highest BCUT2D eigenvalue weighted by molar-refractivity contribution is 7.91. The van der Waals surface area contributed by atoms with E-state index in [-0.39, 0.29) is 23.2 Å². The Bertz CT molecular complexity index is 1180. The van der Waals surface area contributed by atoms with E-state index >= 15 is 0 Å². The first-order chi connectivity index (χ1) is 17.6. The maximum Gasteiger partial charge on any atom is 0.251 e. The van der Waals surface area contributed by atoms with Gasteiger partial charge in [-0.05, 0) is 71.6 Å². The van der Waals surface area contributed by atoms with Crippen LogP contribution in [0.15, 0.2) is 47.4 Å². The fourth-order valence-electron chi connectivity index (χ4n) is 6.04. The van der Waals surface area contributed by atoms with Gasteiger partial charge in [0.05, 0.1) is 23.3 Å². The summed E-state index contributed by atoms with van der Waals surface area (Å²) in [6, 6.07) is 12.1. The third-order valence-corrected chi connectivity index (χ3v) is 10.0. The predicted octanol–water partition coefficient (Wildman–Crippen LogP) is 5.28. The molecule has 4 rings (SSSR count). The smallest absolute Gasteiger partial charge is 0.251 e. The van der Waals surface area contributed by atoms with E-state index in [4.69, 9.17) is 0 Å². The van der Waals surface area contributed by atoms with E-state index in [1.54, 1.807) is 19.1 Å². The molecule has 1 heterocycles. The summed E-state index contributed by atoms with van der Waals surface area (Å²) < 4.78 is 24.2. The van der Waals surface area contributed by atoms with Crippen molar-refractivity contribution in [3.8, 4) is 0 Å². The van der Waals surface area contributed by atoms with Crippen molar-refractivity contribution in [2.45, 2.75) is 76.9 Å². The lowest BCUT2D eigenvalue weighted by Gasteiger charge is -2.34. The number of hydrogen-bond acceptors (Lipinski definition) is 5. The summed E-state index contributed by atoms with van der Waals surface area (Å²) in [4.78, 5) is 16.0. The number of amides is 1. The molecule has 0 unspecified atom stereocenters. The third-order valence-electron chi connectivity index (χ3n) is 8.26. The number of sulfone groups is 1. The highest BCUT2D eigenvalue weighted by Gasteiger charge is 2.34. The Hall–Kier alpha value is -2.22. The molecule has 7 heteroatoms. The van der Waals surface area contributed by atoms with Gasteiger partial charge in [0.1, 0.15) is 0 Å². The summed E-state index contributed by atoms with van der Waals surface area (Å²) in [6.07, 6.45) is 5.26. The Kier molecular flexibility index (Phi) is 8.77. The van der Waals surface area contributed by atoms with Crippen molar-refractivity contribution in [1.29, 1.82) is 0 Å². The molecule has 1 fully saturated rings. The van der Waals surface area contributed by atoms with Gasteiger partial charge in [-0.3, -0.25) is 9.69 Å². The number of aliphatic hydroxyl groups is 1. The van der Waals surface area contributed by atoms with Crippen LogP contribution in [0.25, 0.3) is 0 Å². The van der Waals surface area contributed by atoms with Crippen molar-refractivity contribution in [2.24, 2.45) is 17.8 Å². The first-order valence-electron chi connectivity index (χ1n) is 13.7. The van der Waals surface area contributed by atoms with Crippen LogP contribution >= 0.6 is 0 Å². The van der Waals surface area contributed by atoms with Crippen molar-refractivity contribution >= 4 is 15.7 Å². The molecule has 6 nitrogen and oxygen atoms in total. The monoisotopic (exact) mass is 526 g/mol. The second-order valence-electron chi connectivity index (χ2n) is 11.3. The molecule has 2 atom stereocenters. The van der Waals surface area contributed by atoms with Crippen LogP contribution in [0.4, 0.5) is 0 Å². The minimum atomic E-state index is -3.30. The van der Waals surface area contributed by atoms with Crippen LogP contribution in [0.1, 0.15) is 92.5 Å². The Balaban J connectivity index is 1.47. The molecule has 2 aromatic rings. The molecule has 37 heavy (non-hydrogen) atoms. The molecule has 0 bridgehead atoms. The summed E-state index contributed by atoms with van der Waals surface area (Å²) in [6.45, 7) is 10.2. The van der Waals surface area contributed by atoms with Crippen LogP contribution in [-0.4, -0.2) is 43.2 Å². The second-order valence-corrected chi connectivity index (χ2v) is 13.6. The van der Waals surface area contributed by atoms with Crippen LogP contribution in [0.2, 0.25) is 0 Å². The fourth-order valence-corrected chi connectivity index (χ4v) is 6.92. The lowest BCUT2D eigenvalue weighted by atomic mass is 9.82. The van der Waals surface area contributed by atoms with Gasteiger partial charge in [-0.1, -0.05) is 58.7 Å². The second kappa shape index (κ2) is 11.7. The molecule has 2 aliphatic rings. The zero-order chi connectivity index (χ0) is 26.7. The predicted molar refractivity (Wildman–Crippen MR) is 147 cm³/mol. The van der Waals surface area contributed by atoms with Gasteiger partial charge in [0, 0.05) is 24.7 Å². The van der Waals surface area contributed by atoms with Gasteiger partial charge >= 0.3 is 0 Å². The number of carbonyl (C=O) groups is 1. The van der Waals surface area contributed by atoms with Gasteiger partial charge in [0.25, 0.3) is 5.91 Å². The van der Waals surface area contributed by atoms with Crippen LogP contribution < -0.4 is 5.32 Å². The van der Waals surface area contributed by atoms with Gasteiger partial charge in [-0.15, -0.1) is 0 Å². The normalized spacial score (nSPS) is 23.1. The highest BCUT2D eigenvalue weighted by Crippen LogP contribution is 2.41. The largest absolute Gasteiger partial charge is 0.394 e. The Morgan fingerprint density at radius 2 is 1.76 bits per heavy atom. The van der Waals surface area contributed by atoms with Gasteiger partial charge in [0.2, 0.25) is 0 Å². The van der Waals surface area contributed by atoms with E-state index in [1.807, 2.05) is 12.1 Å². The van der Waals surface area contributed by atoms with Crippen LogP contribution in [0.3, 0.4) is 0 Å². The number of benzene rings is 2. The summed E-state index contributed by atoms with van der Waals surface area (Å²) in [7, 11) is -3.30. The van der Waals surface area contributed by atoms with E-state index in [2.05, 4.69) is 37.1 Å². The number of fused-ring (bicyclic) bond motifs is 1. The molecule has 1 amide bonds. The van der Waals surface area contributed by atoms with Crippen molar-refractivity contribution in [3.05, 3.63) is 64.7 Å². The lowest BCUT2D eigenvalue weighted by Crippen LogP contribution is -2.32. The molecular formula is C30H42N2O4S. The molecule has 0 saturated heterocycles. The Morgan fingerprint density at radius 1 is 1.08 bits per heavy atom. The Labute approximate surface area is 222 Å². The summed E-state index contributed by atoms with van der Waals surface area (Å²) in [5.41, 5.74) is 3.78. The van der Waals surface area contributed by atoms with Gasteiger partial charge in [-0.25, -0.2) is 8.42 Å². The molecule has 2 aromatic carbocycles. The number of carbonyl (C=O) groups excluding carboxylic acids is 1. The number of rotatable bonds is 9. The lowest BCUT2D eigenvalue weighted by molar-refractivity contribution is 0.0916. The van der Waals surface area contributed by atoms with Gasteiger partial charge in [-0.2, -0.15) is 0 Å². The first-order valence-corrected chi connectivity index (χ1v) is 15.4. The number of nitrogens with zero attached hydrogens (tertiary/aromatic N) is 1. The topological polar surface area (TPSA) is 86.7 Å². The van der Waals surface area contributed by atoms with Crippen LogP contribution in [0, 0.1) is 17.8 Å². The van der Waals surface area contributed by atoms with E-state index in [0.29, 0.717) is 23.1 Å². The highest BCUT2D eigenvalue weighted by atomic mass is 32.2. The standard InChI is InChI=1S/C30H42N2O4S/c1-5-37(35,36)26-13-10-23(11-14-26)28(19-33)31-30(34)24-12-15-27-25(16-24)18-32(29(27)20(2)3)17-22-8-6-21(4)7-9-22/h10-16,20-22,28-29,33H,5-9,17-19H2,1-4H3,(H,31,34)/t21?,22?,28-,29-/m0/s1. The SMILES string of the molecule is CCS(=O)(=O)c1ccc([C@H](CO)NC(=O)c2ccc3c(c2)CN(CC2CCC(C)CC2)[C@H]3C(C)C)cc1. The van der Waals surface area contributed by atoms with Crippen LogP contribution in [0.5, 0.6) is 0 Å². The molecule has 1 saturated carbocycles. The fraction of sp³-hybridized carbons (Fsp3) is 0.567. The maximum atomic E-state index is 13.2. The van der Waals surface area contributed by atoms with E-state index in [1.165, 1.54) is 48.9 Å². The summed E-state index contributed by atoms with van der Waals surface area (Å²) in [5, 5.41) is 12.9. The van der Waals surface area contributed by atoms with Gasteiger partial charge in [0.15, 0.2) is 9.84 Å². The molecule has 0 radical (unpaired) electrons. The minimum absolute atomic E-state index is 0.0276. The molecule has 1 aliphatic carbocycles. The molecule has 1 aliphatic heterocycles. The Morgan fingerprint density at radius 3 is 2.35 bits per heavy atom. The zero-order valence-corrected chi connectivity index (χ0v) is 23.4. The molecular weight excluding hydrogens is 484 g/mol. The van der Waals surface area contributed by atoms with Crippen molar-refractivity contribution < 1.29 is 18.3 Å². The van der Waals surface area contributed by atoms with E-state index in [0.717, 1.165) is 24.9 Å². The number of nitrogens with one attached hydrogen (secondary N) is 1. The molecule has 202 valence electrons. The van der Waals surface area contributed by atoms with Crippen molar-refractivity contribution in [2.75, 3.05) is 18.9 Å². The number of aliphatic hydroxyl groups excluding tert-OH is 1. The molecule has 0 aromatic heterocycles. The van der Waals surface area contributed by atoms with Crippen LogP contribution in [-0.2, 0) is 16.4 Å². The molecule has 2 N–H and O–H groups in total. The zero-order valence-electron chi connectivity index (χ0n) is 22.6. The van der Waals surface area contributed by atoms with Gasteiger partial charge < -0.3 is 10.4 Å². The average molecular weight is 527 g/mol. The average Bonchev–Trinajstić information content (AvgIpc) is 3.25. The summed E-state index contributed by atoms with van der Waals surface area (Å²) >= 11 is 0. The summed E-state index contributed by atoms with van der Waals surface area (Å²) in [5.74, 6) is 1.87. The minimum Gasteiger partial charge on any atom is -0.394 e. The van der Waals surface area contributed by atoms with Crippen molar-refractivity contribution in [3.63, 3.8) is 0 Å². The van der Waals surface area contributed by atoms with E-state index in [9.17, 15) is 18.3 Å². The van der Waals surface area contributed by atoms with E-state index < -0.39 is 15.9 Å². The molecule has 0 spiro atoms. The number of hydrogen-bond donors (Lipinski definition) is 2. The first kappa shape index (κ1) is 27.8. The quantitative estimate of drug-likeness (QED) is 0.464. The van der Waals surface area contributed by atoms with Crippen molar-refractivity contribution in [1.82, 2.24) is 10.2 Å². The third kappa shape index (κ3) is 6.27. The maximum absolute atomic E-state index is 13.2.